The standard InChI is InChI=1S/C15H19F3N4O2S/c1-20(11-22-14(25)21(10-19-22)7-8-23-2)9-12-5-3-4-6-13(12)24-15(16,17)18/h3-6,10H,7-9,11H2,1-2H3. The normalized spacial score (nSPS) is 11.9. The molecule has 0 bridgehead atoms. The highest BCUT2D eigenvalue weighted by Gasteiger charge is 2.32. The van der Waals surface area contributed by atoms with Crippen LogP contribution in [0, 0.1) is 4.77 Å². The Morgan fingerprint density at radius 2 is 2.00 bits per heavy atom. The Morgan fingerprint density at radius 3 is 2.68 bits per heavy atom. The molecule has 1 aromatic heterocycles. The van der Waals surface area contributed by atoms with Crippen molar-refractivity contribution in [3.8, 4) is 5.75 Å². The molecule has 0 fully saturated rings. The lowest BCUT2D eigenvalue weighted by Crippen LogP contribution is -2.24. The van der Waals surface area contributed by atoms with Gasteiger partial charge in [-0.2, -0.15) is 5.10 Å². The lowest BCUT2D eigenvalue weighted by Gasteiger charge is -2.19. The molecule has 1 aromatic carbocycles. The Bertz CT molecular complexity index is 745. The van der Waals surface area contributed by atoms with E-state index in [0.717, 1.165) is 0 Å². The number of para-hydroxylation sites is 1. The van der Waals surface area contributed by atoms with Crippen molar-refractivity contribution in [2.24, 2.45) is 0 Å². The van der Waals surface area contributed by atoms with Crippen LogP contribution in [0.3, 0.4) is 0 Å². The number of halogens is 3. The van der Waals surface area contributed by atoms with E-state index in [4.69, 9.17) is 17.0 Å². The average Bonchev–Trinajstić information content (AvgIpc) is 2.86. The van der Waals surface area contributed by atoms with Gasteiger partial charge in [0, 0.05) is 25.8 Å². The average molecular weight is 376 g/mol. The molecule has 2 rings (SSSR count). The minimum absolute atomic E-state index is 0.212. The van der Waals surface area contributed by atoms with Crippen LogP contribution < -0.4 is 4.74 Å². The number of methoxy groups -OCH3 is 1. The van der Waals surface area contributed by atoms with Crippen molar-refractivity contribution in [3.05, 3.63) is 40.9 Å². The second-order valence-corrected chi connectivity index (χ2v) is 5.78. The molecule has 0 unspecified atom stereocenters. The van der Waals surface area contributed by atoms with Crippen molar-refractivity contribution in [2.75, 3.05) is 20.8 Å². The molecule has 10 heteroatoms. The minimum atomic E-state index is -4.72. The molecular weight excluding hydrogens is 357 g/mol. The SMILES string of the molecule is COCCn1cnn(CN(C)Cc2ccccc2OC(F)(F)F)c1=S. The summed E-state index contributed by atoms with van der Waals surface area (Å²) in [6.07, 6.45) is -3.12. The van der Waals surface area contributed by atoms with Gasteiger partial charge in [-0.15, -0.1) is 13.2 Å². The predicted octanol–water partition coefficient (Wildman–Crippen LogP) is 3.05. The number of alkyl halides is 3. The molecule has 1 heterocycles. The van der Waals surface area contributed by atoms with E-state index < -0.39 is 6.36 Å². The molecule has 0 aliphatic heterocycles. The number of aromatic nitrogens is 3. The zero-order valence-electron chi connectivity index (χ0n) is 13.9. The van der Waals surface area contributed by atoms with Crippen molar-refractivity contribution >= 4 is 12.2 Å². The summed E-state index contributed by atoms with van der Waals surface area (Å²) in [4.78, 5) is 1.79. The van der Waals surface area contributed by atoms with Crippen LogP contribution in [0.4, 0.5) is 13.2 Å². The fourth-order valence-corrected chi connectivity index (χ4v) is 2.48. The van der Waals surface area contributed by atoms with E-state index in [0.29, 0.717) is 30.2 Å². The number of benzene rings is 1. The van der Waals surface area contributed by atoms with Gasteiger partial charge in [0.2, 0.25) is 0 Å². The van der Waals surface area contributed by atoms with Crippen LogP contribution in [-0.2, 0) is 24.5 Å². The Labute approximate surface area is 148 Å². The molecule has 0 radical (unpaired) electrons. The summed E-state index contributed by atoms with van der Waals surface area (Å²) in [5.74, 6) is -0.212. The first kappa shape index (κ1) is 19.4. The molecule has 0 aliphatic rings. The molecule has 0 atom stereocenters. The monoisotopic (exact) mass is 376 g/mol. The van der Waals surface area contributed by atoms with Gasteiger partial charge < -0.3 is 14.0 Å². The third kappa shape index (κ3) is 5.83. The Hall–Kier alpha value is -1.91. The third-order valence-corrected chi connectivity index (χ3v) is 3.79. The number of nitrogens with zero attached hydrogens (tertiary/aromatic N) is 4. The number of hydrogen-bond donors (Lipinski definition) is 0. The molecule has 0 saturated carbocycles. The summed E-state index contributed by atoms with van der Waals surface area (Å²) in [6.45, 7) is 1.68. The van der Waals surface area contributed by atoms with E-state index in [1.54, 1.807) is 46.8 Å². The fourth-order valence-electron chi connectivity index (χ4n) is 2.24. The first-order chi connectivity index (χ1) is 11.8. The predicted molar refractivity (Wildman–Crippen MR) is 87.5 cm³/mol. The van der Waals surface area contributed by atoms with E-state index in [9.17, 15) is 13.2 Å². The van der Waals surface area contributed by atoms with E-state index >= 15 is 0 Å². The summed E-state index contributed by atoms with van der Waals surface area (Å²) in [5.41, 5.74) is 0.424. The van der Waals surface area contributed by atoms with Crippen molar-refractivity contribution in [1.29, 1.82) is 0 Å². The molecule has 0 N–H and O–H groups in total. The smallest absolute Gasteiger partial charge is 0.405 e. The summed E-state index contributed by atoms with van der Waals surface area (Å²) in [5, 5.41) is 4.20. The molecule has 0 amide bonds. The maximum Gasteiger partial charge on any atom is 0.573 e. The maximum atomic E-state index is 12.5. The molecule has 0 saturated heterocycles. The van der Waals surface area contributed by atoms with E-state index in [-0.39, 0.29) is 12.3 Å². The number of rotatable bonds is 8. The summed E-state index contributed by atoms with van der Waals surface area (Å²) in [7, 11) is 3.36. The van der Waals surface area contributed by atoms with Gasteiger partial charge in [-0.3, -0.25) is 4.90 Å². The van der Waals surface area contributed by atoms with Crippen LogP contribution in [0.25, 0.3) is 0 Å². The lowest BCUT2D eigenvalue weighted by atomic mass is 10.2. The van der Waals surface area contributed by atoms with Crippen LogP contribution in [0.2, 0.25) is 0 Å². The van der Waals surface area contributed by atoms with Gasteiger partial charge >= 0.3 is 6.36 Å². The molecular formula is C15H19F3N4O2S. The highest BCUT2D eigenvalue weighted by atomic mass is 32.1. The van der Waals surface area contributed by atoms with Crippen LogP contribution in [-0.4, -0.2) is 46.4 Å². The zero-order chi connectivity index (χ0) is 18.4. The Balaban J connectivity index is 2.05. The minimum Gasteiger partial charge on any atom is -0.405 e. The first-order valence-corrected chi connectivity index (χ1v) is 7.84. The second-order valence-electron chi connectivity index (χ2n) is 5.41. The zero-order valence-corrected chi connectivity index (χ0v) is 14.7. The first-order valence-electron chi connectivity index (χ1n) is 7.43. The van der Waals surface area contributed by atoms with Crippen molar-refractivity contribution in [2.45, 2.75) is 26.1 Å². The van der Waals surface area contributed by atoms with Crippen molar-refractivity contribution < 1.29 is 22.6 Å². The van der Waals surface area contributed by atoms with E-state index in [1.165, 1.54) is 12.1 Å². The third-order valence-electron chi connectivity index (χ3n) is 3.35. The number of ether oxygens (including phenoxy) is 2. The van der Waals surface area contributed by atoms with Gasteiger partial charge in [0.15, 0.2) is 4.77 Å². The highest BCUT2D eigenvalue weighted by molar-refractivity contribution is 7.71. The lowest BCUT2D eigenvalue weighted by molar-refractivity contribution is -0.275. The fraction of sp³-hybridized carbons (Fsp3) is 0.467. The molecule has 25 heavy (non-hydrogen) atoms. The largest absolute Gasteiger partial charge is 0.573 e. The summed E-state index contributed by atoms with van der Waals surface area (Å²) >= 11 is 5.33. The topological polar surface area (TPSA) is 44.5 Å². The Morgan fingerprint density at radius 1 is 1.28 bits per heavy atom. The van der Waals surface area contributed by atoms with Crippen molar-refractivity contribution in [3.63, 3.8) is 0 Å². The highest BCUT2D eigenvalue weighted by Crippen LogP contribution is 2.26. The van der Waals surface area contributed by atoms with Gasteiger partial charge in [0.05, 0.1) is 13.3 Å². The van der Waals surface area contributed by atoms with Gasteiger partial charge in [-0.25, -0.2) is 4.68 Å². The molecule has 138 valence electrons. The molecule has 6 nitrogen and oxygen atoms in total. The quantitative estimate of drug-likeness (QED) is 0.663. The molecule has 2 aromatic rings. The second kappa shape index (κ2) is 8.45. The van der Waals surface area contributed by atoms with Crippen LogP contribution in [0.1, 0.15) is 5.56 Å². The van der Waals surface area contributed by atoms with Crippen LogP contribution in [0.15, 0.2) is 30.6 Å². The summed E-state index contributed by atoms with van der Waals surface area (Å²) in [6, 6.07) is 6.05. The molecule has 0 spiro atoms. The summed E-state index contributed by atoms with van der Waals surface area (Å²) < 4.78 is 50.4. The van der Waals surface area contributed by atoms with Gasteiger partial charge in [0.1, 0.15) is 12.1 Å². The van der Waals surface area contributed by atoms with E-state index in [1.807, 2.05) is 0 Å². The van der Waals surface area contributed by atoms with Gasteiger partial charge in [0.25, 0.3) is 0 Å². The van der Waals surface area contributed by atoms with Crippen LogP contribution >= 0.6 is 12.2 Å². The van der Waals surface area contributed by atoms with Gasteiger partial charge in [-0.05, 0) is 25.3 Å². The van der Waals surface area contributed by atoms with Crippen molar-refractivity contribution in [1.82, 2.24) is 19.2 Å². The van der Waals surface area contributed by atoms with Gasteiger partial charge in [-0.1, -0.05) is 18.2 Å². The Kier molecular flexibility index (Phi) is 6.57. The molecule has 0 aliphatic carbocycles. The van der Waals surface area contributed by atoms with Crippen LogP contribution in [0.5, 0.6) is 5.75 Å². The maximum absolute atomic E-state index is 12.5. The van der Waals surface area contributed by atoms with E-state index in [2.05, 4.69) is 9.84 Å². The number of hydrogen-bond acceptors (Lipinski definition) is 5.